The van der Waals surface area contributed by atoms with Crippen molar-refractivity contribution in [1.29, 1.82) is 0 Å². The quantitative estimate of drug-likeness (QED) is 0.419. The molecule has 1 aliphatic rings. The summed E-state index contributed by atoms with van der Waals surface area (Å²) in [5, 5.41) is 10.3. The highest BCUT2D eigenvalue weighted by Crippen LogP contribution is 2.32. The second-order valence-corrected chi connectivity index (χ2v) is 3.07. The maximum atomic E-state index is 13.4. The van der Waals surface area contributed by atoms with Crippen molar-refractivity contribution in [1.82, 2.24) is 0 Å². The van der Waals surface area contributed by atoms with Gasteiger partial charge in [0.05, 0.1) is 4.92 Å². The fourth-order valence-electron chi connectivity index (χ4n) is 1.14. The van der Waals surface area contributed by atoms with Gasteiger partial charge in [-0.3, -0.25) is 10.1 Å². The van der Waals surface area contributed by atoms with Crippen molar-refractivity contribution < 1.29 is 22.8 Å². The first-order valence-electron chi connectivity index (χ1n) is 4.02. The molecular formula is C8H8F3NO3. The van der Waals surface area contributed by atoms with E-state index in [0.717, 1.165) is 12.2 Å². The molecule has 1 atom stereocenters. The minimum absolute atomic E-state index is 0.255. The maximum absolute atomic E-state index is 13.4. The average Bonchev–Trinajstić information content (AvgIpc) is 2.10. The standard InChI is InChI=1S/C8H8F3NO3/c1-5-2-3-8(11,12(13)14)4-6(5)15-7(9)10/h2-3,7H,4H2,1H3. The third kappa shape index (κ3) is 2.48. The molecule has 7 heteroatoms. The molecule has 4 nitrogen and oxygen atoms in total. The van der Waals surface area contributed by atoms with Crippen LogP contribution in [-0.4, -0.2) is 17.3 Å². The Morgan fingerprint density at radius 2 is 2.27 bits per heavy atom. The molecule has 0 spiro atoms. The van der Waals surface area contributed by atoms with Crippen LogP contribution in [0.1, 0.15) is 13.3 Å². The minimum atomic E-state index is -3.11. The minimum Gasteiger partial charge on any atom is -0.439 e. The molecule has 0 amide bonds. The smallest absolute Gasteiger partial charge is 0.387 e. The molecule has 1 aliphatic carbocycles. The van der Waals surface area contributed by atoms with E-state index in [0.29, 0.717) is 0 Å². The van der Waals surface area contributed by atoms with Crippen molar-refractivity contribution in [3.05, 3.63) is 33.6 Å². The summed E-state index contributed by atoms with van der Waals surface area (Å²) in [7, 11) is 0. The van der Waals surface area contributed by atoms with Gasteiger partial charge in [0.1, 0.15) is 12.2 Å². The second-order valence-electron chi connectivity index (χ2n) is 3.07. The van der Waals surface area contributed by atoms with E-state index in [1.165, 1.54) is 6.92 Å². The van der Waals surface area contributed by atoms with Gasteiger partial charge in [0.25, 0.3) is 0 Å². The fourth-order valence-corrected chi connectivity index (χ4v) is 1.14. The molecule has 1 rings (SSSR count). The lowest BCUT2D eigenvalue weighted by Crippen LogP contribution is -2.33. The summed E-state index contributed by atoms with van der Waals surface area (Å²) in [6.07, 6.45) is 0.970. The van der Waals surface area contributed by atoms with E-state index < -0.39 is 29.5 Å². The van der Waals surface area contributed by atoms with Crippen molar-refractivity contribution in [3.8, 4) is 0 Å². The van der Waals surface area contributed by atoms with E-state index in [2.05, 4.69) is 4.74 Å². The highest BCUT2D eigenvalue weighted by atomic mass is 19.3. The van der Waals surface area contributed by atoms with Crippen LogP contribution in [0.15, 0.2) is 23.5 Å². The Bertz CT molecular complexity index is 340. The number of alkyl halides is 3. The van der Waals surface area contributed by atoms with E-state index in [1.807, 2.05) is 0 Å². The number of hydrogen-bond donors (Lipinski definition) is 0. The van der Waals surface area contributed by atoms with Crippen molar-refractivity contribution in [3.63, 3.8) is 0 Å². The number of nitro groups is 1. The lowest BCUT2D eigenvalue weighted by Gasteiger charge is -2.20. The Morgan fingerprint density at radius 3 is 2.73 bits per heavy atom. The number of hydrogen-bond acceptors (Lipinski definition) is 3. The molecule has 0 bridgehead atoms. The van der Waals surface area contributed by atoms with Crippen LogP contribution in [0.25, 0.3) is 0 Å². The largest absolute Gasteiger partial charge is 0.439 e. The van der Waals surface area contributed by atoms with Crippen molar-refractivity contribution in [2.45, 2.75) is 25.7 Å². The van der Waals surface area contributed by atoms with E-state index in [-0.39, 0.29) is 5.57 Å². The molecule has 0 saturated heterocycles. The second kappa shape index (κ2) is 3.92. The summed E-state index contributed by atoms with van der Waals surface area (Å²) in [6.45, 7) is -1.70. The van der Waals surface area contributed by atoms with Crippen LogP contribution in [0.5, 0.6) is 0 Å². The Morgan fingerprint density at radius 1 is 1.67 bits per heavy atom. The predicted molar refractivity (Wildman–Crippen MR) is 44.4 cm³/mol. The zero-order valence-corrected chi connectivity index (χ0v) is 7.75. The van der Waals surface area contributed by atoms with Gasteiger partial charge in [-0.1, -0.05) is 0 Å². The summed E-state index contributed by atoms with van der Waals surface area (Å²) < 4.78 is 41.2. The van der Waals surface area contributed by atoms with Gasteiger partial charge in [-0.25, -0.2) is 0 Å². The Hall–Kier alpha value is -1.53. The topological polar surface area (TPSA) is 52.4 Å². The lowest BCUT2D eigenvalue weighted by molar-refractivity contribution is -0.590. The first-order valence-corrected chi connectivity index (χ1v) is 4.02. The molecule has 0 radical (unpaired) electrons. The Balaban J connectivity index is 2.89. The van der Waals surface area contributed by atoms with Gasteiger partial charge >= 0.3 is 12.4 Å². The van der Waals surface area contributed by atoms with Crippen molar-refractivity contribution in [2.75, 3.05) is 0 Å². The average molecular weight is 223 g/mol. The van der Waals surface area contributed by atoms with Crippen LogP contribution in [0.2, 0.25) is 0 Å². The molecule has 0 heterocycles. The molecule has 0 saturated carbocycles. The Labute approximate surface area is 83.2 Å². The molecule has 0 fully saturated rings. The SMILES string of the molecule is CC1=C(OC(F)F)CC(F)([N+](=O)[O-])C=C1. The van der Waals surface area contributed by atoms with Crippen LogP contribution in [-0.2, 0) is 4.74 Å². The molecule has 0 N–H and O–H groups in total. The van der Waals surface area contributed by atoms with Gasteiger partial charge in [0.2, 0.25) is 0 Å². The summed E-state index contributed by atoms with van der Waals surface area (Å²) in [5.41, 5.74) is 0.255. The van der Waals surface area contributed by atoms with Crippen LogP contribution in [0.3, 0.4) is 0 Å². The number of allylic oxidation sites excluding steroid dienone is 2. The first-order chi connectivity index (χ1) is 6.85. The van der Waals surface area contributed by atoms with Crippen molar-refractivity contribution >= 4 is 0 Å². The van der Waals surface area contributed by atoms with E-state index in [4.69, 9.17) is 0 Å². The van der Waals surface area contributed by atoms with Crippen LogP contribution in [0.4, 0.5) is 13.2 Å². The molecule has 15 heavy (non-hydrogen) atoms. The normalized spacial score (nSPS) is 25.9. The van der Waals surface area contributed by atoms with E-state index in [1.54, 1.807) is 0 Å². The summed E-state index contributed by atoms with van der Waals surface area (Å²) in [5.74, 6) is -3.25. The molecule has 0 aromatic heterocycles. The highest BCUT2D eigenvalue weighted by Gasteiger charge is 2.44. The molecular weight excluding hydrogens is 215 g/mol. The first kappa shape index (κ1) is 11.5. The van der Waals surface area contributed by atoms with Crippen LogP contribution >= 0.6 is 0 Å². The summed E-state index contributed by atoms with van der Waals surface area (Å²) >= 11 is 0. The number of nitrogens with zero attached hydrogens (tertiary/aromatic N) is 1. The zero-order chi connectivity index (χ0) is 11.6. The van der Waals surface area contributed by atoms with Gasteiger partial charge < -0.3 is 4.74 Å². The van der Waals surface area contributed by atoms with Gasteiger partial charge in [0.15, 0.2) is 0 Å². The van der Waals surface area contributed by atoms with E-state index >= 15 is 0 Å². The van der Waals surface area contributed by atoms with Crippen LogP contribution in [0, 0.1) is 10.1 Å². The Kier molecular flexibility index (Phi) is 3.01. The van der Waals surface area contributed by atoms with Gasteiger partial charge in [-0.05, 0) is 18.6 Å². The molecule has 0 aromatic carbocycles. The predicted octanol–water partition coefficient (Wildman–Crippen LogP) is 2.40. The van der Waals surface area contributed by atoms with Gasteiger partial charge in [0, 0.05) is 6.08 Å². The fraction of sp³-hybridized carbons (Fsp3) is 0.500. The third-order valence-corrected chi connectivity index (χ3v) is 1.97. The molecule has 0 aliphatic heterocycles. The lowest BCUT2D eigenvalue weighted by atomic mass is 10.0. The highest BCUT2D eigenvalue weighted by molar-refractivity contribution is 5.28. The van der Waals surface area contributed by atoms with Gasteiger partial charge in [-0.15, -0.1) is 0 Å². The molecule has 1 unspecified atom stereocenters. The van der Waals surface area contributed by atoms with Gasteiger partial charge in [-0.2, -0.15) is 13.2 Å². The number of rotatable bonds is 3. The van der Waals surface area contributed by atoms with Crippen molar-refractivity contribution in [2.24, 2.45) is 0 Å². The number of ether oxygens (including phenoxy) is 1. The molecule has 0 aromatic rings. The summed E-state index contributed by atoms with van der Waals surface area (Å²) in [6, 6.07) is 0. The molecule has 84 valence electrons. The monoisotopic (exact) mass is 223 g/mol. The van der Waals surface area contributed by atoms with E-state index in [9.17, 15) is 23.3 Å². The number of halogens is 3. The van der Waals surface area contributed by atoms with Crippen LogP contribution < -0.4 is 0 Å². The summed E-state index contributed by atoms with van der Waals surface area (Å²) in [4.78, 5) is 9.15. The maximum Gasteiger partial charge on any atom is 0.387 e. The third-order valence-electron chi connectivity index (χ3n) is 1.97. The zero-order valence-electron chi connectivity index (χ0n) is 7.75.